The Kier molecular flexibility index (Phi) is 5.98. The lowest BCUT2D eigenvalue weighted by molar-refractivity contribution is -0.115. The van der Waals surface area contributed by atoms with Gasteiger partial charge in [0.05, 0.1) is 38.2 Å². The summed E-state index contributed by atoms with van der Waals surface area (Å²) in [6, 6.07) is 24.9. The Bertz CT molecular complexity index is 1170. The fourth-order valence-electron chi connectivity index (χ4n) is 3.40. The Morgan fingerprint density at radius 2 is 1.71 bits per heavy atom. The van der Waals surface area contributed by atoms with Gasteiger partial charge >= 0.3 is 0 Å². The van der Waals surface area contributed by atoms with Crippen molar-refractivity contribution in [2.45, 2.75) is 6.42 Å². The van der Waals surface area contributed by atoms with Crippen LogP contribution >= 0.6 is 0 Å². The van der Waals surface area contributed by atoms with Crippen LogP contribution in [0.2, 0.25) is 0 Å². The van der Waals surface area contributed by atoms with Crippen molar-refractivity contribution >= 4 is 11.6 Å². The molecule has 1 aromatic heterocycles. The van der Waals surface area contributed by atoms with Crippen molar-refractivity contribution in [2.75, 3.05) is 19.5 Å². The average molecular weight is 413 g/mol. The number of benzene rings is 3. The first-order valence-electron chi connectivity index (χ1n) is 9.88. The summed E-state index contributed by atoms with van der Waals surface area (Å²) in [7, 11) is 3.25. The molecule has 0 aliphatic heterocycles. The molecule has 0 spiro atoms. The molecule has 0 aliphatic rings. The second kappa shape index (κ2) is 9.17. The van der Waals surface area contributed by atoms with E-state index in [4.69, 9.17) is 9.47 Å². The first kappa shape index (κ1) is 20.2. The predicted molar refractivity (Wildman–Crippen MR) is 121 cm³/mol. The molecule has 0 aliphatic carbocycles. The molecule has 3 aromatic carbocycles. The number of amides is 1. The van der Waals surface area contributed by atoms with Gasteiger partial charge in [-0.15, -0.1) is 0 Å². The van der Waals surface area contributed by atoms with Crippen LogP contribution in [0.4, 0.5) is 5.69 Å². The van der Waals surface area contributed by atoms with Gasteiger partial charge in [0.15, 0.2) is 0 Å². The van der Waals surface area contributed by atoms with E-state index in [-0.39, 0.29) is 5.91 Å². The van der Waals surface area contributed by atoms with Crippen LogP contribution in [-0.4, -0.2) is 29.9 Å². The van der Waals surface area contributed by atoms with Gasteiger partial charge in [0.1, 0.15) is 11.5 Å². The van der Waals surface area contributed by atoms with Gasteiger partial charge in [-0.25, -0.2) is 4.68 Å². The molecule has 1 amide bonds. The van der Waals surface area contributed by atoms with Crippen LogP contribution in [0.3, 0.4) is 0 Å². The Labute approximate surface area is 181 Å². The summed E-state index contributed by atoms with van der Waals surface area (Å²) in [5, 5.41) is 7.41. The lowest BCUT2D eigenvalue weighted by atomic mass is 10.1. The molecule has 156 valence electrons. The van der Waals surface area contributed by atoms with Gasteiger partial charge in [0, 0.05) is 17.3 Å². The Hall–Kier alpha value is -4.06. The van der Waals surface area contributed by atoms with Crippen LogP contribution in [-0.2, 0) is 11.2 Å². The molecule has 0 unspecified atom stereocenters. The minimum Gasteiger partial charge on any atom is -0.497 e. The maximum Gasteiger partial charge on any atom is 0.228 e. The number of hydrogen-bond acceptors (Lipinski definition) is 4. The van der Waals surface area contributed by atoms with Crippen LogP contribution < -0.4 is 14.8 Å². The summed E-state index contributed by atoms with van der Waals surface area (Å²) in [6.45, 7) is 0. The molecule has 0 saturated heterocycles. The number of nitrogens with zero attached hydrogens (tertiary/aromatic N) is 2. The molecular formula is C25H23N3O3. The van der Waals surface area contributed by atoms with Crippen molar-refractivity contribution in [3.8, 4) is 28.4 Å². The van der Waals surface area contributed by atoms with E-state index >= 15 is 0 Å². The highest BCUT2D eigenvalue weighted by molar-refractivity contribution is 5.92. The molecule has 1 N–H and O–H groups in total. The number of carbonyl (C=O) groups is 1. The molecule has 0 saturated carbocycles. The van der Waals surface area contributed by atoms with Crippen molar-refractivity contribution in [3.63, 3.8) is 0 Å². The highest BCUT2D eigenvalue weighted by Crippen LogP contribution is 2.34. The van der Waals surface area contributed by atoms with Gasteiger partial charge < -0.3 is 14.8 Å². The third kappa shape index (κ3) is 4.59. The molecule has 0 bridgehead atoms. The minimum absolute atomic E-state index is 0.0540. The van der Waals surface area contributed by atoms with Crippen molar-refractivity contribution in [1.29, 1.82) is 0 Å². The third-order valence-electron chi connectivity index (χ3n) is 4.93. The largest absolute Gasteiger partial charge is 0.497 e. The van der Waals surface area contributed by atoms with Crippen LogP contribution in [0.25, 0.3) is 16.9 Å². The Morgan fingerprint density at radius 3 is 2.42 bits per heavy atom. The number of carbonyl (C=O) groups excluding carboxylic acids is 1. The normalized spacial score (nSPS) is 10.5. The highest BCUT2D eigenvalue weighted by Gasteiger charge is 2.13. The van der Waals surface area contributed by atoms with Gasteiger partial charge in [0.25, 0.3) is 0 Å². The fraction of sp³-hybridized carbons (Fsp3) is 0.120. The number of nitrogens with one attached hydrogen (secondary N) is 1. The van der Waals surface area contributed by atoms with E-state index in [9.17, 15) is 4.79 Å². The van der Waals surface area contributed by atoms with Crippen molar-refractivity contribution < 1.29 is 14.3 Å². The van der Waals surface area contributed by atoms with Crippen molar-refractivity contribution in [3.05, 3.63) is 90.6 Å². The van der Waals surface area contributed by atoms with Crippen LogP contribution in [0.15, 0.2) is 85.1 Å². The van der Waals surface area contributed by atoms with Gasteiger partial charge in [0.2, 0.25) is 5.91 Å². The van der Waals surface area contributed by atoms with Gasteiger partial charge in [-0.2, -0.15) is 5.10 Å². The van der Waals surface area contributed by atoms with Gasteiger partial charge in [-0.3, -0.25) is 4.79 Å². The number of rotatable bonds is 7. The van der Waals surface area contributed by atoms with E-state index < -0.39 is 0 Å². The maximum atomic E-state index is 12.3. The number of ether oxygens (including phenoxy) is 2. The zero-order valence-corrected chi connectivity index (χ0v) is 17.4. The lowest BCUT2D eigenvalue weighted by Gasteiger charge is -2.13. The molecule has 0 atom stereocenters. The number of hydrogen-bond donors (Lipinski definition) is 1. The van der Waals surface area contributed by atoms with E-state index in [2.05, 4.69) is 10.4 Å². The van der Waals surface area contributed by atoms with E-state index in [1.54, 1.807) is 20.4 Å². The SMILES string of the molecule is COc1ccc(-c2ccnn2-c2ccc(NC(=O)Cc3ccccc3)cc2)c(OC)c1. The standard InChI is InChI=1S/C25H23N3O3/c1-30-21-12-13-22(24(17-21)31-2)23-14-15-26-28(23)20-10-8-19(9-11-20)27-25(29)16-18-6-4-3-5-7-18/h3-15,17H,16H2,1-2H3,(H,27,29). The number of anilines is 1. The summed E-state index contributed by atoms with van der Waals surface area (Å²) in [5.74, 6) is 1.37. The zero-order valence-electron chi connectivity index (χ0n) is 17.4. The monoisotopic (exact) mass is 413 g/mol. The summed E-state index contributed by atoms with van der Waals surface area (Å²) < 4.78 is 12.7. The summed E-state index contributed by atoms with van der Waals surface area (Å²) in [4.78, 5) is 12.3. The smallest absolute Gasteiger partial charge is 0.228 e. The molecule has 6 nitrogen and oxygen atoms in total. The van der Waals surface area contributed by atoms with Crippen LogP contribution in [0, 0.1) is 0 Å². The molecule has 31 heavy (non-hydrogen) atoms. The first-order valence-corrected chi connectivity index (χ1v) is 9.88. The highest BCUT2D eigenvalue weighted by atomic mass is 16.5. The van der Waals surface area contributed by atoms with Crippen molar-refractivity contribution in [2.24, 2.45) is 0 Å². The average Bonchev–Trinajstić information content (AvgIpc) is 3.29. The Morgan fingerprint density at radius 1 is 0.935 bits per heavy atom. The summed E-state index contributed by atoms with van der Waals surface area (Å²) >= 11 is 0. The van der Waals surface area contributed by atoms with Crippen LogP contribution in [0.1, 0.15) is 5.56 Å². The molecule has 4 aromatic rings. The van der Waals surface area contributed by atoms with Gasteiger partial charge in [-0.05, 0) is 48.0 Å². The summed E-state index contributed by atoms with van der Waals surface area (Å²) in [6.07, 6.45) is 2.08. The Balaban J connectivity index is 1.53. The fourth-order valence-corrected chi connectivity index (χ4v) is 3.40. The predicted octanol–water partition coefficient (Wildman–Crippen LogP) is 4.74. The third-order valence-corrected chi connectivity index (χ3v) is 4.93. The zero-order chi connectivity index (χ0) is 21.6. The number of methoxy groups -OCH3 is 2. The molecular weight excluding hydrogens is 390 g/mol. The second-order valence-electron chi connectivity index (χ2n) is 6.95. The topological polar surface area (TPSA) is 65.4 Å². The quantitative estimate of drug-likeness (QED) is 0.475. The lowest BCUT2D eigenvalue weighted by Crippen LogP contribution is -2.14. The summed E-state index contributed by atoms with van der Waals surface area (Å²) in [5.41, 5.74) is 4.38. The molecule has 1 heterocycles. The van der Waals surface area contributed by atoms with E-state index in [1.165, 1.54) is 0 Å². The van der Waals surface area contributed by atoms with Crippen LogP contribution in [0.5, 0.6) is 11.5 Å². The minimum atomic E-state index is -0.0540. The van der Waals surface area contributed by atoms with Gasteiger partial charge in [-0.1, -0.05) is 30.3 Å². The van der Waals surface area contributed by atoms with E-state index in [0.717, 1.165) is 33.9 Å². The van der Waals surface area contributed by atoms with E-state index in [1.807, 2.05) is 83.5 Å². The maximum absolute atomic E-state index is 12.3. The first-order chi connectivity index (χ1) is 15.2. The molecule has 0 fully saturated rings. The van der Waals surface area contributed by atoms with E-state index in [0.29, 0.717) is 12.2 Å². The van der Waals surface area contributed by atoms with Crippen molar-refractivity contribution in [1.82, 2.24) is 9.78 Å². The second-order valence-corrected chi connectivity index (χ2v) is 6.95. The molecule has 0 radical (unpaired) electrons. The molecule has 4 rings (SSSR count). The molecule has 6 heteroatoms. The number of aromatic nitrogens is 2.